The van der Waals surface area contributed by atoms with Gasteiger partial charge in [0.05, 0.1) is 12.1 Å². The molecule has 3 atom stereocenters. The lowest BCUT2D eigenvalue weighted by Gasteiger charge is -2.16. The summed E-state index contributed by atoms with van der Waals surface area (Å²) in [7, 11) is 0. The number of primary amides is 1. The van der Waals surface area contributed by atoms with Crippen molar-refractivity contribution < 1.29 is 34.3 Å². The van der Waals surface area contributed by atoms with Crippen molar-refractivity contribution in [2.24, 2.45) is 11.5 Å². The third-order valence-corrected chi connectivity index (χ3v) is 7.07. The van der Waals surface area contributed by atoms with Gasteiger partial charge < -0.3 is 32.5 Å². The molecule has 0 unspecified atom stereocenters. The molecule has 35 heavy (non-hydrogen) atoms. The van der Waals surface area contributed by atoms with Crippen LogP contribution in [0.5, 0.6) is 0 Å². The minimum Gasteiger partial charge on any atom is -0.465 e. The molecule has 3 saturated heterocycles. The number of hydrogen-bond acceptors (Lipinski definition) is 8. The van der Waals surface area contributed by atoms with Crippen molar-refractivity contribution in [1.29, 1.82) is 0 Å². The minimum atomic E-state index is -1.33. The largest absolute Gasteiger partial charge is 0.465 e. The molecule has 13 nitrogen and oxygen atoms in total. The van der Waals surface area contributed by atoms with E-state index in [4.69, 9.17) is 20.8 Å². The summed E-state index contributed by atoms with van der Waals surface area (Å²) < 4.78 is 0. The smallest absolute Gasteiger partial charge is 0.402 e. The SMILES string of the molecule is NC(=O)O.NCCCCCCNC(=O)CCCC[C@@H]1SC[C@@H]2NC(=O)N[C@@H]21.O=C1CCC(=O)N1O. The average Bonchev–Trinajstić information content (AvgIpc) is 3.44. The van der Waals surface area contributed by atoms with E-state index in [2.05, 4.69) is 21.7 Å². The highest BCUT2D eigenvalue weighted by Crippen LogP contribution is 2.33. The summed E-state index contributed by atoms with van der Waals surface area (Å²) in [5.41, 5.74) is 9.47. The number of carbonyl (C=O) groups is 5. The van der Waals surface area contributed by atoms with Crippen LogP contribution in [-0.4, -0.2) is 81.4 Å². The molecule has 3 heterocycles. The standard InChI is InChI=1S/C16H30N4O2S.C4H5NO3.CH3NO2/c17-9-5-1-2-6-10-18-14(21)8-4-3-7-13-15-12(11-23-13)19-16(22)20-15;6-3-1-2-4(7)5(3)8;2-1(3)4/h12-13,15H,1-11,17H2,(H,18,21)(H2,19,20,22);8H,1-2H2;2H2,(H,3,4)/t12-,13-,15-;;/m0../s1. The van der Waals surface area contributed by atoms with Crippen molar-refractivity contribution in [2.45, 2.75) is 81.5 Å². The van der Waals surface area contributed by atoms with Gasteiger partial charge in [-0.05, 0) is 32.2 Å². The molecule has 0 aromatic carbocycles. The number of fused-ring (bicyclic) bond motifs is 1. The third-order valence-electron chi connectivity index (χ3n) is 5.56. The molecule has 0 aromatic rings. The van der Waals surface area contributed by atoms with Crippen molar-refractivity contribution in [2.75, 3.05) is 18.8 Å². The first-order valence-corrected chi connectivity index (χ1v) is 12.9. The normalized spacial score (nSPS) is 22.3. The minimum absolute atomic E-state index is 0.0314. The van der Waals surface area contributed by atoms with E-state index in [0.29, 0.717) is 17.7 Å². The van der Waals surface area contributed by atoms with E-state index in [1.165, 1.54) is 0 Å². The number of carbonyl (C=O) groups excluding carboxylic acids is 4. The number of hydrogen-bond donors (Lipinski definition) is 7. The number of carboxylic acid groups (broad SMARTS) is 1. The second-order valence-electron chi connectivity index (χ2n) is 8.36. The van der Waals surface area contributed by atoms with Crippen molar-refractivity contribution >= 4 is 41.6 Å². The topological polar surface area (TPSA) is 217 Å². The number of unbranched alkanes of at least 4 members (excludes halogenated alkanes) is 4. The van der Waals surface area contributed by atoms with Gasteiger partial charge in [-0.2, -0.15) is 16.8 Å². The van der Waals surface area contributed by atoms with E-state index in [9.17, 15) is 19.2 Å². The maximum absolute atomic E-state index is 11.8. The molecule has 3 aliphatic heterocycles. The second kappa shape index (κ2) is 16.9. The average molecular weight is 519 g/mol. The molecular weight excluding hydrogens is 480 g/mol. The number of nitrogens with zero attached hydrogens (tertiary/aromatic N) is 1. The van der Waals surface area contributed by atoms with E-state index in [1.54, 1.807) is 0 Å². The van der Waals surface area contributed by atoms with Crippen LogP contribution in [0.15, 0.2) is 0 Å². The van der Waals surface area contributed by atoms with E-state index in [0.717, 1.165) is 63.8 Å². The Labute approximate surface area is 209 Å². The van der Waals surface area contributed by atoms with Crippen LogP contribution in [0, 0.1) is 0 Å². The van der Waals surface area contributed by atoms with Gasteiger partial charge in [0.25, 0.3) is 11.8 Å². The molecule has 3 rings (SSSR count). The summed E-state index contributed by atoms with van der Waals surface area (Å²) >= 11 is 1.93. The molecule has 0 radical (unpaired) electrons. The van der Waals surface area contributed by atoms with Crippen molar-refractivity contribution in [3.05, 3.63) is 0 Å². The fourth-order valence-electron chi connectivity index (χ4n) is 3.78. The summed E-state index contributed by atoms with van der Waals surface area (Å²) in [5, 5.41) is 25.2. The summed E-state index contributed by atoms with van der Waals surface area (Å²) in [6.45, 7) is 1.54. The molecule has 0 aromatic heterocycles. The maximum Gasteiger partial charge on any atom is 0.402 e. The van der Waals surface area contributed by atoms with Gasteiger partial charge in [0.1, 0.15) is 0 Å². The van der Waals surface area contributed by atoms with Crippen LogP contribution in [0.4, 0.5) is 9.59 Å². The Hall–Kier alpha value is -2.58. The van der Waals surface area contributed by atoms with Crippen LogP contribution in [0.25, 0.3) is 0 Å². The van der Waals surface area contributed by atoms with Gasteiger partial charge in [-0.25, -0.2) is 9.59 Å². The van der Waals surface area contributed by atoms with Crippen LogP contribution in [0.3, 0.4) is 0 Å². The van der Waals surface area contributed by atoms with E-state index >= 15 is 0 Å². The zero-order valence-electron chi connectivity index (χ0n) is 19.9. The van der Waals surface area contributed by atoms with Crippen LogP contribution >= 0.6 is 11.8 Å². The van der Waals surface area contributed by atoms with E-state index in [-0.39, 0.29) is 35.9 Å². The van der Waals surface area contributed by atoms with Crippen LogP contribution in [-0.2, 0) is 14.4 Å². The fourth-order valence-corrected chi connectivity index (χ4v) is 5.32. The zero-order valence-corrected chi connectivity index (χ0v) is 20.7. The molecule has 0 saturated carbocycles. The number of nitrogens with two attached hydrogens (primary N) is 2. The first-order chi connectivity index (χ1) is 16.6. The first-order valence-electron chi connectivity index (χ1n) is 11.8. The lowest BCUT2D eigenvalue weighted by molar-refractivity contribution is -0.171. The quantitative estimate of drug-likeness (QED) is 0.0875. The predicted molar refractivity (Wildman–Crippen MR) is 130 cm³/mol. The van der Waals surface area contributed by atoms with Gasteiger partial charge in [-0.15, -0.1) is 0 Å². The van der Waals surface area contributed by atoms with E-state index in [1.807, 2.05) is 11.8 Å². The molecule has 3 fully saturated rings. The molecule has 0 bridgehead atoms. The Morgan fingerprint density at radius 3 is 2.23 bits per heavy atom. The van der Waals surface area contributed by atoms with E-state index < -0.39 is 17.9 Å². The molecule has 3 aliphatic rings. The maximum atomic E-state index is 11.8. The Bertz CT molecular complexity index is 706. The monoisotopic (exact) mass is 518 g/mol. The van der Waals surface area contributed by atoms with Gasteiger partial charge >= 0.3 is 12.1 Å². The number of imide groups is 1. The molecule has 9 N–H and O–H groups in total. The third kappa shape index (κ3) is 12.6. The summed E-state index contributed by atoms with van der Waals surface area (Å²) in [6.07, 6.45) is 7.02. The van der Waals surface area contributed by atoms with Gasteiger partial charge in [-0.1, -0.05) is 19.3 Å². The molecule has 14 heteroatoms. The molecule has 6 amide bonds. The van der Waals surface area contributed by atoms with Gasteiger partial charge in [-0.3, -0.25) is 19.6 Å². The highest BCUT2D eigenvalue weighted by molar-refractivity contribution is 8.00. The highest BCUT2D eigenvalue weighted by atomic mass is 32.2. The molecule has 0 spiro atoms. The van der Waals surface area contributed by atoms with Crippen LogP contribution in [0.1, 0.15) is 64.2 Å². The fraction of sp³-hybridized carbons (Fsp3) is 0.762. The summed E-state index contributed by atoms with van der Waals surface area (Å²) in [4.78, 5) is 52.3. The van der Waals surface area contributed by atoms with Crippen LogP contribution in [0.2, 0.25) is 0 Å². The van der Waals surface area contributed by atoms with Gasteiger partial charge in [0, 0.05) is 36.8 Å². The number of rotatable bonds is 11. The Balaban J connectivity index is 0.000000419. The zero-order chi connectivity index (χ0) is 26.2. The Kier molecular flexibility index (Phi) is 14.7. The summed E-state index contributed by atoms with van der Waals surface area (Å²) in [6, 6.07) is 0.533. The molecule has 200 valence electrons. The molecular formula is C21H38N6O7S. The number of amides is 6. The number of urea groups is 1. The van der Waals surface area contributed by atoms with Crippen molar-refractivity contribution in [3.8, 4) is 0 Å². The van der Waals surface area contributed by atoms with Gasteiger partial charge in [0.15, 0.2) is 0 Å². The second-order valence-corrected chi connectivity index (χ2v) is 9.63. The Morgan fingerprint density at radius 1 is 1.03 bits per heavy atom. The predicted octanol–water partition coefficient (Wildman–Crippen LogP) is 0.495. The number of thioether (sulfide) groups is 1. The first kappa shape index (κ1) is 30.5. The number of hydroxylamine groups is 2. The Morgan fingerprint density at radius 2 is 1.66 bits per heavy atom. The lowest BCUT2D eigenvalue weighted by atomic mass is 10.0. The van der Waals surface area contributed by atoms with Gasteiger partial charge in [0.2, 0.25) is 5.91 Å². The summed E-state index contributed by atoms with van der Waals surface area (Å²) in [5.74, 6) is 0.153. The number of nitrogens with one attached hydrogen (secondary N) is 3. The molecule has 0 aliphatic carbocycles. The van der Waals surface area contributed by atoms with Crippen molar-refractivity contribution in [1.82, 2.24) is 21.0 Å². The van der Waals surface area contributed by atoms with Crippen molar-refractivity contribution in [3.63, 3.8) is 0 Å². The lowest BCUT2D eigenvalue weighted by Crippen LogP contribution is -2.36. The highest BCUT2D eigenvalue weighted by Gasteiger charge is 2.42. The van der Waals surface area contributed by atoms with Crippen LogP contribution < -0.4 is 27.4 Å².